The van der Waals surface area contributed by atoms with Crippen LogP contribution in [0.2, 0.25) is 5.02 Å². The summed E-state index contributed by atoms with van der Waals surface area (Å²) in [5, 5.41) is 10.3. The molecule has 1 aliphatic rings. The van der Waals surface area contributed by atoms with Crippen molar-refractivity contribution in [2.75, 3.05) is 22.9 Å². The SMILES string of the molecule is N#Cc1c(N)nc(N)nc1N1CC[C@H]1c1nc2cccc(Cl)c2c(=O)n1-c1ccccc1. The smallest absolute Gasteiger partial charge is 0.267 e. The van der Waals surface area contributed by atoms with Crippen molar-refractivity contribution in [2.24, 2.45) is 0 Å². The molecule has 1 atom stereocenters. The lowest BCUT2D eigenvalue weighted by Gasteiger charge is -2.42. The molecule has 3 heterocycles. The molecule has 0 spiro atoms. The van der Waals surface area contributed by atoms with E-state index in [0.29, 0.717) is 46.2 Å². The van der Waals surface area contributed by atoms with E-state index in [0.717, 1.165) is 0 Å². The first kappa shape index (κ1) is 19.8. The summed E-state index contributed by atoms with van der Waals surface area (Å²) in [6.45, 7) is 0.591. The van der Waals surface area contributed by atoms with Gasteiger partial charge in [-0.15, -0.1) is 0 Å². The Kier molecular flexibility index (Phi) is 4.64. The van der Waals surface area contributed by atoms with Gasteiger partial charge in [0.15, 0.2) is 5.82 Å². The Balaban J connectivity index is 1.75. The van der Waals surface area contributed by atoms with Gasteiger partial charge in [-0.2, -0.15) is 15.2 Å². The quantitative estimate of drug-likeness (QED) is 0.491. The van der Waals surface area contributed by atoms with Crippen LogP contribution in [0.25, 0.3) is 16.6 Å². The summed E-state index contributed by atoms with van der Waals surface area (Å²) in [6, 6.07) is 16.1. The van der Waals surface area contributed by atoms with Gasteiger partial charge in [0.2, 0.25) is 5.95 Å². The topological polar surface area (TPSA) is 140 Å². The van der Waals surface area contributed by atoms with Crippen molar-refractivity contribution in [1.29, 1.82) is 5.26 Å². The van der Waals surface area contributed by atoms with Crippen molar-refractivity contribution < 1.29 is 0 Å². The number of para-hydroxylation sites is 1. The van der Waals surface area contributed by atoms with Crippen molar-refractivity contribution in [3.05, 3.63) is 75.3 Å². The van der Waals surface area contributed by atoms with Gasteiger partial charge in [0.25, 0.3) is 5.56 Å². The number of hydrogen-bond donors (Lipinski definition) is 2. The van der Waals surface area contributed by atoms with E-state index >= 15 is 0 Å². The van der Waals surface area contributed by atoms with E-state index in [1.54, 1.807) is 22.8 Å². The molecule has 1 saturated heterocycles. The van der Waals surface area contributed by atoms with Crippen molar-refractivity contribution in [1.82, 2.24) is 19.5 Å². The predicted molar refractivity (Wildman–Crippen MR) is 123 cm³/mol. The van der Waals surface area contributed by atoms with E-state index in [1.165, 1.54) is 0 Å². The van der Waals surface area contributed by atoms with Crippen LogP contribution in [-0.4, -0.2) is 26.1 Å². The number of rotatable bonds is 3. The highest BCUT2D eigenvalue weighted by Gasteiger charge is 2.37. The van der Waals surface area contributed by atoms with Gasteiger partial charge in [0.1, 0.15) is 23.3 Å². The standard InChI is InChI=1S/C22H17ClN8O/c23-14-7-4-8-15-17(14)21(32)31(12-5-2-1-3-6-12)20(27-15)16-9-10-30(16)19-13(11-24)18(25)28-22(26)29-19/h1-8,16H,9-10H2,(H4,25,26,28,29)/t16-/m0/s1. The zero-order valence-electron chi connectivity index (χ0n) is 16.7. The molecule has 0 amide bonds. The molecular weight excluding hydrogens is 428 g/mol. The number of fused-ring (bicyclic) bond motifs is 1. The summed E-state index contributed by atoms with van der Waals surface area (Å²) in [4.78, 5) is 28.4. The average molecular weight is 445 g/mol. The first-order valence-electron chi connectivity index (χ1n) is 9.86. The zero-order chi connectivity index (χ0) is 22.4. The number of nitriles is 1. The normalized spacial score (nSPS) is 15.4. The molecule has 0 radical (unpaired) electrons. The third-order valence-electron chi connectivity index (χ3n) is 5.52. The van der Waals surface area contributed by atoms with Crippen molar-refractivity contribution >= 4 is 40.1 Å². The van der Waals surface area contributed by atoms with Crippen molar-refractivity contribution in [3.8, 4) is 11.8 Å². The van der Waals surface area contributed by atoms with E-state index in [9.17, 15) is 10.1 Å². The van der Waals surface area contributed by atoms with Crippen LogP contribution in [0.1, 0.15) is 23.9 Å². The summed E-state index contributed by atoms with van der Waals surface area (Å²) in [6.07, 6.45) is 0.694. The number of nitrogens with zero attached hydrogens (tertiary/aromatic N) is 6. The van der Waals surface area contributed by atoms with Crippen LogP contribution in [0.3, 0.4) is 0 Å². The molecule has 1 aliphatic heterocycles. The van der Waals surface area contributed by atoms with Crippen LogP contribution in [-0.2, 0) is 0 Å². The summed E-state index contributed by atoms with van der Waals surface area (Å²) in [5.74, 6) is 0.830. The van der Waals surface area contributed by atoms with E-state index in [2.05, 4.69) is 16.0 Å². The van der Waals surface area contributed by atoms with Gasteiger partial charge < -0.3 is 16.4 Å². The van der Waals surface area contributed by atoms with Gasteiger partial charge in [-0.1, -0.05) is 35.9 Å². The molecule has 0 aliphatic carbocycles. The monoisotopic (exact) mass is 444 g/mol. The van der Waals surface area contributed by atoms with Gasteiger partial charge in [0, 0.05) is 6.54 Å². The van der Waals surface area contributed by atoms with E-state index < -0.39 is 0 Å². The highest BCUT2D eigenvalue weighted by molar-refractivity contribution is 6.35. The van der Waals surface area contributed by atoms with Crippen molar-refractivity contribution in [2.45, 2.75) is 12.5 Å². The molecular formula is C22H17ClN8O. The number of halogens is 1. The second-order valence-electron chi connectivity index (χ2n) is 7.36. The van der Waals surface area contributed by atoms with Gasteiger partial charge in [-0.25, -0.2) is 4.98 Å². The minimum absolute atomic E-state index is 0.0133. The van der Waals surface area contributed by atoms with Crippen LogP contribution in [0.5, 0.6) is 0 Å². The lowest BCUT2D eigenvalue weighted by molar-refractivity contribution is 0.431. The lowest BCUT2D eigenvalue weighted by Crippen LogP contribution is -2.45. The molecule has 9 nitrogen and oxygen atoms in total. The van der Waals surface area contributed by atoms with Crippen LogP contribution in [0.15, 0.2) is 53.3 Å². The molecule has 4 aromatic rings. The number of anilines is 3. The minimum Gasteiger partial charge on any atom is -0.382 e. The fourth-order valence-corrected chi connectivity index (χ4v) is 4.22. The van der Waals surface area contributed by atoms with Crippen LogP contribution < -0.4 is 21.9 Å². The maximum atomic E-state index is 13.6. The molecule has 158 valence electrons. The Labute approximate surface area is 187 Å². The fourth-order valence-electron chi connectivity index (χ4n) is 3.96. The lowest BCUT2D eigenvalue weighted by atomic mass is 10.00. The number of benzene rings is 2. The Hall–Kier alpha value is -4.16. The third-order valence-corrected chi connectivity index (χ3v) is 5.84. The molecule has 0 bridgehead atoms. The maximum absolute atomic E-state index is 13.6. The molecule has 2 aromatic heterocycles. The fraction of sp³-hybridized carbons (Fsp3) is 0.136. The van der Waals surface area contributed by atoms with Gasteiger partial charge in [-0.05, 0) is 30.7 Å². The molecule has 5 rings (SSSR count). The van der Waals surface area contributed by atoms with Crippen molar-refractivity contribution in [3.63, 3.8) is 0 Å². The molecule has 1 fully saturated rings. The number of hydrogen-bond acceptors (Lipinski definition) is 8. The van der Waals surface area contributed by atoms with E-state index in [-0.39, 0.29) is 28.9 Å². The zero-order valence-corrected chi connectivity index (χ0v) is 17.5. The highest BCUT2D eigenvalue weighted by Crippen LogP contribution is 2.39. The molecule has 0 saturated carbocycles. The Morgan fingerprint density at radius 3 is 2.53 bits per heavy atom. The predicted octanol–water partition coefficient (Wildman–Crippen LogP) is 2.82. The van der Waals surface area contributed by atoms with E-state index in [4.69, 9.17) is 28.1 Å². The number of aromatic nitrogens is 4. The van der Waals surface area contributed by atoms with Crippen LogP contribution >= 0.6 is 11.6 Å². The third kappa shape index (κ3) is 3.01. The molecule has 2 aromatic carbocycles. The summed E-state index contributed by atoms with van der Waals surface area (Å²) >= 11 is 6.36. The summed E-state index contributed by atoms with van der Waals surface area (Å²) < 4.78 is 1.56. The molecule has 32 heavy (non-hydrogen) atoms. The first-order valence-corrected chi connectivity index (χ1v) is 10.2. The number of nitrogen functional groups attached to an aromatic ring is 2. The second-order valence-corrected chi connectivity index (χ2v) is 7.76. The molecule has 0 unspecified atom stereocenters. The van der Waals surface area contributed by atoms with Gasteiger partial charge in [-0.3, -0.25) is 9.36 Å². The summed E-state index contributed by atoms with van der Waals surface area (Å²) in [7, 11) is 0. The largest absolute Gasteiger partial charge is 0.382 e. The maximum Gasteiger partial charge on any atom is 0.267 e. The second kappa shape index (κ2) is 7.51. The molecule has 4 N–H and O–H groups in total. The summed E-state index contributed by atoms with van der Waals surface area (Å²) in [5.41, 5.74) is 12.7. The van der Waals surface area contributed by atoms with Crippen LogP contribution in [0.4, 0.5) is 17.6 Å². The Bertz CT molecular complexity index is 1460. The Morgan fingerprint density at radius 2 is 1.84 bits per heavy atom. The average Bonchev–Trinajstić information content (AvgIpc) is 2.73. The highest BCUT2D eigenvalue weighted by atomic mass is 35.5. The van der Waals surface area contributed by atoms with Crippen LogP contribution in [0, 0.1) is 11.3 Å². The minimum atomic E-state index is -0.327. The van der Waals surface area contributed by atoms with E-state index in [1.807, 2.05) is 35.2 Å². The van der Waals surface area contributed by atoms with Gasteiger partial charge in [0.05, 0.1) is 27.7 Å². The Morgan fingerprint density at radius 1 is 1.06 bits per heavy atom. The van der Waals surface area contributed by atoms with Gasteiger partial charge >= 0.3 is 0 Å². The number of nitrogens with two attached hydrogens (primary N) is 2. The first-order chi connectivity index (χ1) is 15.5. The molecule has 10 heteroatoms.